The van der Waals surface area contributed by atoms with Crippen LogP contribution in [0.3, 0.4) is 0 Å². The molecule has 0 amide bonds. The lowest BCUT2D eigenvalue weighted by atomic mass is 9.98. The maximum absolute atomic E-state index is 2.47. The molecule has 0 aliphatic heterocycles. The van der Waals surface area contributed by atoms with Gasteiger partial charge in [0.05, 0.1) is 33.1 Å². The van der Waals surface area contributed by atoms with Crippen LogP contribution in [-0.4, -0.2) is 13.7 Å². The van der Waals surface area contributed by atoms with E-state index in [1.54, 1.807) is 0 Å². The zero-order valence-corrected chi connectivity index (χ0v) is 48.1. The van der Waals surface area contributed by atoms with Crippen LogP contribution in [0, 0.1) is 0 Å². The number of hydrogen-bond acceptors (Lipinski definition) is 1. The van der Waals surface area contributed by atoms with Gasteiger partial charge in [0.25, 0.3) is 0 Å². The molecule has 412 valence electrons. The molecular weight excluding hydrogens is 1060 g/mol. The van der Waals surface area contributed by atoms with Crippen molar-refractivity contribution in [3.63, 3.8) is 0 Å². The summed E-state index contributed by atoms with van der Waals surface area (Å²) in [4.78, 5) is 2.36. The largest absolute Gasteiger partial charge is 0.311 e. The number of rotatable bonds is 11. The molecule has 0 atom stereocenters. The average Bonchev–Trinajstić information content (AvgIpc) is 2.01. The molecule has 0 N–H and O–H groups in total. The van der Waals surface area contributed by atoms with E-state index in [4.69, 9.17) is 0 Å². The predicted molar refractivity (Wildman–Crippen MR) is 371 cm³/mol. The zero-order chi connectivity index (χ0) is 58.1. The first-order valence-electron chi connectivity index (χ1n) is 30.2. The molecule has 0 unspecified atom stereocenters. The van der Waals surface area contributed by atoms with Crippen molar-refractivity contribution in [2.45, 2.75) is 0 Å². The standard InChI is InChI=1S/C84H56N4/c1-6-18-57(19-7-1)61-30-38-68(39-31-61)85(69-40-32-62(33-41-69)58-20-8-2-9-21-58)70-42-44-71(45-43-70)87-80-47-34-63(59-22-10-3-11-23-59)52-74(80)76-54-65(36-49-81(76)87)66-37-50-83-77(55-66)75-53-64(60-24-12-4-13-25-60)35-48-82(75)88(83)72-46-51-84-78(56-72)73-28-16-17-29-79(73)86(84)67-26-14-5-15-27-67/h1-56H. The number of para-hydroxylation sites is 2. The molecule has 0 saturated carbocycles. The first-order chi connectivity index (χ1) is 43.6. The van der Waals surface area contributed by atoms with Crippen LogP contribution in [-0.2, 0) is 0 Å². The summed E-state index contributed by atoms with van der Waals surface area (Å²) in [5.74, 6) is 0. The molecule has 17 rings (SSSR count). The third-order valence-corrected chi connectivity index (χ3v) is 17.8. The molecule has 0 fully saturated rings. The highest BCUT2D eigenvalue weighted by Gasteiger charge is 2.21. The lowest BCUT2D eigenvalue weighted by Crippen LogP contribution is -2.10. The molecule has 0 aliphatic carbocycles. The Kier molecular flexibility index (Phi) is 12.2. The summed E-state index contributed by atoms with van der Waals surface area (Å²) < 4.78 is 7.30. The van der Waals surface area contributed by atoms with E-state index >= 15 is 0 Å². The maximum Gasteiger partial charge on any atom is 0.0542 e. The fourth-order valence-corrected chi connectivity index (χ4v) is 13.6. The van der Waals surface area contributed by atoms with Gasteiger partial charge in [-0.25, -0.2) is 0 Å². The summed E-state index contributed by atoms with van der Waals surface area (Å²) in [5, 5.41) is 7.28. The highest BCUT2D eigenvalue weighted by atomic mass is 15.1. The summed E-state index contributed by atoms with van der Waals surface area (Å²) in [5.41, 5.74) is 25.5. The fourth-order valence-electron chi connectivity index (χ4n) is 13.6. The Balaban J connectivity index is 0.801. The van der Waals surface area contributed by atoms with Crippen LogP contribution < -0.4 is 4.90 Å². The summed E-state index contributed by atoms with van der Waals surface area (Å²) >= 11 is 0. The lowest BCUT2D eigenvalue weighted by Gasteiger charge is -2.26. The highest BCUT2D eigenvalue weighted by Crippen LogP contribution is 2.44. The van der Waals surface area contributed by atoms with Crippen LogP contribution in [0.4, 0.5) is 17.1 Å². The number of anilines is 3. The van der Waals surface area contributed by atoms with E-state index in [-0.39, 0.29) is 0 Å². The number of aromatic nitrogens is 3. The highest BCUT2D eigenvalue weighted by molar-refractivity contribution is 6.15. The van der Waals surface area contributed by atoms with Crippen LogP contribution in [0.5, 0.6) is 0 Å². The van der Waals surface area contributed by atoms with Gasteiger partial charge in [-0.1, -0.05) is 206 Å². The molecule has 4 heteroatoms. The van der Waals surface area contributed by atoms with Crippen molar-refractivity contribution in [1.29, 1.82) is 0 Å². The van der Waals surface area contributed by atoms with E-state index in [9.17, 15) is 0 Å². The smallest absolute Gasteiger partial charge is 0.0542 e. The summed E-state index contributed by atoms with van der Waals surface area (Å²) in [7, 11) is 0. The molecule has 0 bridgehead atoms. The topological polar surface area (TPSA) is 18.0 Å². The van der Waals surface area contributed by atoms with E-state index in [0.29, 0.717) is 0 Å². The predicted octanol–water partition coefficient (Wildman–Crippen LogP) is 22.8. The van der Waals surface area contributed by atoms with E-state index < -0.39 is 0 Å². The third kappa shape index (κ3) is 8.69. The summed E-state index contributed by atoms with van der Waals surface area (Å²) in [6.45, 7) is 0. The number of fused-ring (bicyclic) bond motifs is 9. The minimum absolute atomic E-state index is 1.07. The molecular formula is C84H56N4. The van der Waals surface area contributed by atoms with E-state index in [2.05, 4.69) is 358 Å². The second kappa shape index (κ2) is 21.1. The monoisotopic (exact) mass is 1120 g/mol. The van der Waals surface area contributed by atoms with E-state index in [0.717, 1.165) is 61.8 Å². The number of hydrogen-bond donors (Lipinski definition) is 0. The van der Waals surface area contributed by atoms with Gasteiger partial charge in [-0.15, -0.1) is 0 Å². The quantitative estimate of drug-likeness (QED) is 0.126. The Morgan fingerprint density at radius 3 is 0.818 bits per heavy atom. The minimum Gasteiger partial charge on any atom is -0.311 e. The normalized spacial score (nSPS) is 11.6. The van der Waals surface area contributed by atoms with Gasteiger partial charge in [-0.05, 0) is 189 Å². The molecule has 17 aromatic rings. The Morgan fingerprint density at radius 2 is 0.409 bits per heavy atom. The second-order valence-electron chi connectivity index (χ2n) is 22.9. The van der Waals surface area contributed by atoms with Crippen LogP contribution in [0.25, 0.3) is 138 Å². The first kappa shape index (κ1) is 50.8. The van der Waals surface area contributed by atoms with Crippen molar-refractivity contribution in [3.05, 3.63) is 340 Å². The third-order valence-electron chi connectivity index (χ3n) is 17.8. The molecule has 3 aromatic heterocycles. The van der Waals surface area contributed by atoms with Gasteiger partial charge >= 0.3 is 0 Å². The van der Waals surface area contributed by atoms with Gasteiger partial charge in [-0.2, -0.15) is 0 Å². The van der Waals surface area contributed by atoms with Crippen LogP contribution >= 0.6 is 0 Å². The Morgan fingerprint density at radius 1 is 0.159 bits per heavy atom. The van der Waals surface area contributed by atoms with Crippen molar-refractivity contribution < 1.29 is 0 Å². The zero-order valence-electron chi connectivity index (χ0n) is 48.1. The van der Waals surface area contributed by atoms with Crippen molar-refractivity contribution >= 4 is 82.5 Å². The van der Waals surface area contributed by atoms with Crippen LogP contribution in [0.2, 0.25) is 0 Å². The SMILES string of the molecule is c1ccc(-c2ccc(N(c3ccc(-c4ccccc4)cc3)c3ccc(-n4c5ccc(-c6ccccc6)cc5c5cc(-c6ccc7c(c6)c6cc(-c8ccccc8)ccc6n7-c6ccc7c(c6)c6ccccc6n7-c6ccccc6)ccc54)cc3)cc2)cc1. The van der Waals surface area contributed by atoms with Gasteiger partial charge in [0, 0.05) is 66.4 Å². The Hall–Kier alpha value is -11.7. The van der Waals surface area contributed by atoms with Crippen molar-refractivity contribution in [2.24, 2.45) is 0 Å². The molecule has 0 aliphatic rings. The average molecular weight is 1120 g/mol. The Labute approximate surface area is 510 Å². The maximum atomic E-state index is 2.47. The number of benzene rings is 14. The van der Waals surface area contributed by atoms with E-state index in [1.165, 1.54) is 93.4 Å². The van der Waals surface area contributed by atoms with Gasteiger partial charge in [0.2, 0.25) is 0 Å². The molecule has 0 radical (unpaired) electrons. The Bertz CT molecular complexity index is 5350. The molecule has 0 saturated heterocycles. The van der Waals surface area contributed by atoms with Crippen LogP contribution in [0.1, 0.15) is 0 Å². The second-order valence-corrected chi connectivity index (χ2v) is 22.9. The van der Waals surface area contributed by atoms with Gasteiger partial charge < -0.3 is 18.6 Å². The van der Waals surface area contributed by atoms with Crippen molar-refractivity contribution in [3.8, 4) is 72.7 Å². The van der Waals surface area contributed by atoms with Gasteiger partial charge in [0.15, 0.2) is 0 Å². The van der Waals surface area contributed by atoms with Gasteiger partial charge in [-0.3, -0.25) is 0 Å². The molecule has 3 heterocycles. The first-order valence-corrected chi connectivity index (χ1v) is 30.2. The molecule has 4 nitrogen and oxygen atoms in total. The molecule has 88 heavy (non-hydrogen) atoms. The lowest BCUT2D eigenvalue weighted by molar-refractivity contribution is 1.17. The van der Waals surface area contributed by atoms with Crippen molar-refractivity contribution in [1.82, 2.24) is 13.7 Å². The van der Waals surface area contributed by atoms with E-state index in [1.807, 2.05) is 0 Å². The molecule has 0 spiro atoms. The van der Waals surface area contributed by atoms with Crippen LogP contribution in [0.15, 0.2) is 340 Å². The molecule has 14 aromatic carbocycles. The summed E-state index contributed by atoms with van der Waals surface area (Å²) in [6, 6.07) is 124. The minimum atomic E-state index is 1.07. The van der Waals surface area contributed by atoms with Crippen molar-refractivity contribution in [2.75, 3.05) is 4.90 Å². The number of nitrogens with zero attached hydrogens (tertiary/aromatic N) is 4. The van der Waals surface area contributed by atoms with Gasteiger partial charge in [0.1, 0.15) is 0 Å². The summed E-state index contributed by atoms with van der Waals surface area (Å²) in [6.07, 6.45) is 0. The fraction of sp³-hybridized carbons (Fsp3) is 0.